The van der Waals surface area contributed by atoms with Crippen LogP contribution >= 0.6 is 0 Å². The van der Waals surface area contributed by atoms with Crippen LogP contribution in [0.5, 0.6) is 0 Å². The molecule has 254 valence electrons. The molecule has 10 rings (SSSR count). The molecule has 2 aliphatic carbocycles. The van der Waals surface area contributed by atoms with Crippen LogP contribution in [0.1, 0.15) is 43.0 Å². The fourth-order valence-electron chi connectivity index (χ4n) is 8.70. The van der Waals surface area contributed by atoms with Crippen molar-refractivity contribution in [2.24, 2.45) is 10.7 Å². The Bertz CT molecular complexity index is 2730. The zero-order valence-corrected chi connectivity index (χ0v) is 31.5. The van der Waals surface area contributed by atoms with E-state index in [0.717, 1.165) is 11.3 Å². The Hall–Kier alpha value is -5.40. The number of halogens is 1. The molecule has 5 heteroatoms. The molecule has 4 nitrogen and oxygen atoms in total. The summed E-state index contributed by atoms with van der Waals surface area (Å²) >= 11 is -0.741. The number of benzene rings is 6. The zero-order valence-electron chi connectivity index (χ0n) is 29.4. The third-order valence-corrected chi connectivity index (χ3v) is 14.5. The molecular formula is C47H38IN4-. The molecule has 2 N–H and O–H groups in total. The summed E-state index contributed by atoms with van der Waals surface area (Å²) in [6, 6.07) is 48.7. The van der Waals surface area contributed by atoms with Crippen molar-refractivity contribution in [2.45, 2.75) is 37.6 Å². The molecule has 0 saturated carbocycles. The average molecular weight is 786 g/mol. The molecule has 0 bridgehead atoms. The monoisotopic (exact) mass is 785 g/mol. The molecule has 0 saturated heterocycles. The van der Waals surface area contributed by atoms with E-state index in [1.54, 1.807) is 0 Å². The van der Waals surface area contributed by atoms with Gasteiger partial charge in [-0.3, -0.25) is 0 Å². The first-order valence-corrected chi connectivity index (χ1v) is 20.0. The molecule has 0 radical (unpaired) electrons. The van der Waals surface area contributed by atoms with Gasteiger partial charge >= 0.3 is 317 Å². The average Bonchev–Trinajstić information content (AvgIpc) is 3.70. The van der Waals surface area contributed by atoms with E-state index in [4.69, 9.17) is 10.7 Å². The second-order valence-corrected chi connectivity index (χ2v) is 17.4. The molecule has 0 spiro atoms. The van der Waals surface area contributed by atoms with Crippen LogP contribution in [0.15, 0.2) is 168 Å². The summed E-state index contributed by atoms with van der Waals surface area (Å²) in [6.07, 6.45) is 9.00. The van der Waals surface area contributed by atoms with Gasteiger partial charge in [-0.15, -0.1) is 0 Å². The van der Waals surface area contributed by atoms with Crippen LogP contribution in [-0.4, -0.2) is 14.7 Å². The summed E-state index contributed by atoms with van der Waals surface area (Å²) in [7, 11) is 0. The zero-order chi connectivity index (χ0) is 35.2. The van der Waals surface area contributed by atoms with Crippen molar-refractivity contribution in [1.29, 1.82) is 0 Å². The summed E-state index contributed by atoms with van der Waals surface area (Å²) in [5.41, 5.74) is 17.5. The van der Waals surface area contributed by atoms with Crippen LogP contribution < -0.4 is 32.1 Å². The predicted octanol–water partition coefficient (Wildman–Crippen LogP) is 7.77. The number of aromatic nitrogens is 1. The quantitative estimate of drug-likeness (QED) is 0.110. The summed E-state index contributed by atoms with van der Waals surface area (Å²) in [5.74, 6) is 0.549. The van der Waals surface area contributed by atoms with Crippen molar-refractivity contribution >= 4 is 53.4 Å². The fourth-order valence-corrected chi connectivity index (χ4v) is 12.3. The van der Waals surface area contributed by atoms with Crippen molar-refractivity contribution in [2.75, 3.05) is 4.90 Å². The van der Waals surface area contributed by atoms with E-state index in [2.05, 4.69) is 186 Å². The summed E-state index contributed by atoms with van der Waals surface area (Å²) < 4.78 is 3.91. The number of nitrogens with zero attached hydrogens (tertiary/aromatic N) is 3. The number of nitrogens with two attached hydrogens (primary N) is 1. The van der Waals surface area contributed by atoms with E-state index in [1.807, 2.05) is 0 Å². The number of amidine groups is 1. The van der Waals surface area contributed by atoms with Gasteiger partial charge in [0.15, 0.2) is 0 Å². The normalized spacial score (nSPS) is 20.3. The van der Waals surface area contributed by atoms with Crippen molar-refractivity contribution in [3.8, 4) is 0 Å². The minimum atomic E-state index is -0.741. The molecular weight excluding hydrogens is 747 g/mol. The Morgan fingerprint density at radius 1 is 0.692 bits per heavy atom. The van der Waals surface area contributed by atoms with Gasteiger partial charge in [0.05, 0.1) is 0 Å². The molecule has 7 aromatic rings. The van der Waals surface area contributed by atoms with Crippen molar-refractivity contribution in [3.63, 3.8) is 0 Å². The minimum absolute atomic E-state index is 0.146. The molecule has 3 aliphatic rings. The van der Waals surface area contributed by atoms with Gasteiger partial charge in [0.2, 0.25) is 0 Å². The van der Waals surface area contributed by atoms with Crippen LogP contribution in [0.25, 0.3) is 36.2 Å². The first kappa shape index (κ1) is 31.3. The number of hydrogen-bond acceptors (Lipinski definition) is 2. The first-order chi connectivity index (χ1) is 25.3. The molecule has 52 heavy (non-hydrogen) atoms. The van der Waals surface area contributed by atoms with Crippen molar-refractivity contribution < 1.29 is 21.5 Å². The number of rotatable bonds is 5. The number of fused-ring (bicyclic) bond motifs is 8. The Morgan fingerprint density at radius 3 is 2.27 bits per heavy atom. The van der Waals surface area contributed by atoms with Gasteiger partial charge in [0, 0.05) is 0 Å². The van der Waals surface area contributed by atoms with E-state index in [-0.39, 0.29) is 16.9 Å². The Kier molecular flexibility index (Phi) is 6.97. The van der Waals surface area contributed by atoms with Gasteiger partial charge in [0.25, 0.3) is 0 Å². The van der Waals surface area contributed by atoms with Crippen LogP contribution in [0, 0.1) is 0 Å². The molecule has 6 aromatic carbocycles. The van der Waals surface area contributed by atoms with E-state index >= 15 is 0 Å². The molecule has 0 amide bonds. The van der Waals surface area contributed by atoms with E-state index in [9.17, 15) is 0 Å². The van der Waals surface area contributed by atoms with E-state index in [0.29, 0.717) is 5.84 Å². The van der Waals surface area contributed by atoms with E-state index < -0.39 is 21.5 Å². The number of anilines is 2. The van der Waals surface area contributed by atoms with Crippen LogP contribution in [-0.2, 0) is 10.8 Å². The van der Waals surface area contributed by atoms with Gasteiger partial charge in [-0.2, -0.15) is 0 Å². The Labute approximate surface area is 314 Å². The van der Waals surface area contributed by atoms with Gasteiger partial charge in [-0.1, -0.05) is 0 Å². The summed E-state index contributed by atoms with van der Waals surface area (Å²) in [6.45, 7) is 6.95. The maximum absolute atomic E-state index is 7.14. The van der Waals surface area contributed by atoms with Gasteiger partial charge in [0.1, 0.15) is 0 Å². The van der Waals surface area contributed by atoms with Gasteiger partial charge in [-0.05, 0) is 0 Å². The number of hydrogen-bond donors (Lipinski definition) is 1. The number of para-hydroxylation sites is 2. The topological polar surface area (TPSA) is 46.5 Å². The van der Waals surface area contributed by atoms with Crippen molar-refractivity contribution in [1.82, 2.24) is 2.78 Å². The standard InChI is InChI=1S/C47H38IN4/c1-46(2)37-21-11-9-20-35(37)43(48-52-39-22-12-10-19-34(39)36-27-30-15-7-8-16-31(30)28-40(36)52)44(46)50-45(49)32-24-25-38-41(29-32)51(33-17-5-4-6-18-33)42-23-13-14-26-47(38,42)3/h4-29,42H,1-3H3,(H2,49,50)/q-1. The summed E-state index contributed by atoms with van der Waals surface area (Å²) in [4.78, 5) is 7.92. The number of allylic oxidation sites excluding steroid dienone is 3. The van der Waals surface area contributed by atoms with Crippen LogP contribution in [0.4, 0.5) is 11.4 Å². The molecule has 2 atom stereocenters. The molecule has 0 fully saturated rings. The molecule has 1 aromatic heterocycles. The third kappa shape index (κ3) is 4.54. The Balaban J connectivity index is 1.15. The van der Waals surface area contributed by atoms with Crippen LogP contribution in [0.3, 0.4) is 0 Å². The molecule has 2 heterocycles. The second kappa shape index (κ2) is 11.6. The maximum atomic E-state index is 7.14. The SMILES string of the molecule is CC1(C)C(N=C(N)c2ccc3c(c2)N(c2ccccc2)C2C=CC=CC32C)=C([I-]n2c3ccccc3c3cc4ccccc4cc32)c2ccccc21. The van der Waals surface area contributed by atoms with Gasteiger partial charge < -0.3 is 0 Å². The Morgan fingerprint density at radius 2 is 1.42 bits per heavy atom. The number of aliphatic imine (C=N–C) groups is 1. The predicted molar refractivity (Wildman–Crippen MR) is 214 cm³/mol. The molecule has 1 aliphatic heterocycles. The fraction of sp³-hybridized carbons (Fsp3) is 0.128. The third-order valence-electron chi connectivity index (χ3n) is 11.4. The van der Waals surface area contributed by atoms with Gasteiger partial charge in [-0.25, -0.2) is 0 Å². The van der Waals surface area contributed by atoms with Crippen molar-refractivity contribution in [3.05, 3.63) is 186 Å². The summed E-state index contributed by atoms with van der Waals surface area (Å²) in [5, 5.41) is 5.11. The first-order valence-electron chi connectivity index (χ1n) is 17.9. The molecule has 2 unspecified atom stereocenters. The van der Waals surface area contributed by atoms with E-state index in [1.165, 1.54) is 64.2 Å². The second-order valence-electron chi connectivity index (χ2n) is 14.8. The van der Waals surface area contributed by atoms with Crippen LogP contribution in [0.2, 0.25) is 0 Å².